The molecule has 0 aliphatic rings. The second-order valence-electron chi connectivity index (χ2n) is 6.02. The normalized spacial score (nSPS) is 11.7. The molecule has 0 amide bonds. The van der Waals surface area contributed by atoms with Crippen molar-refractivity contribution >= 4 is 0 Å². The van der Waals surface area contributed by atoms with E-state index in [9.17, 15) is 4.39 Å². The molecule has 1 aromatic heterocycles. The monoisotopic (exact) mass is 291 g/mol. The molecule has 114 valence electrons. The molecular weight excluding hydrogens is 269 g/mol. The summed E-state index contributed by atoms with van der Waals surface area (Å²) in [7, 11) is 1.60. The van der Waals surface area contributed by atoms with Crippen molar-refractivity contribution in [1.29, 1.82) is 0 Å². The van der Waals surface area contributed by atoms with Crippen LogP contribution in [0.5, 0.6) is 5.88 Å². The smallest absolute Gasteiger partial charge is 0.219 e. The third-order valence-corrected chi connectivity index (χ3v) is 3.29. The minimum atomic E-state index is -0.303. The number of rotatable bonds is 4. The second-order valence-corrected chi connectivity index (χ2v) is 6.02. The molecule has 0 spiro atoms. The van der Waals surface area contributed by atoms with Crippen LogP contribution in [0.15, 0.2) is 24.3 Å². The molecule has 0 aliphatic heterocycles. The Morgan fingerprint density at radius 2 is 2.05 bits per heavy atom. The first kappa shape index (κ1) is 15.5. The fourth-order valence-electron chi connectivity index (χ4n) is 2.40. The van der Waals surface area contributed by atoms with E-state index < -0.39 is 0 Å². The van der Waals surface area contributed by atoms with E-state index in [1.54, 1.807) is 23.9 Å². The van der Waals surface area contributed by atoms with Gasteiger partial charge in [-0.3, -0.25) is 0 Å². The maximum atomic E-state index is 13.5. The van der Waals surface area contributed by atoms with E-state index in [2.05, 4.69) is 25.9 Å². The summed E-state index contributed by atoms with van der Waals surface area (Å²) in [4.78, 5) is 0. The minimum Gasteiger partial charge on any atom is -0.481 e. The van der Waals surface area contributed by atoms with Gasteiger partial charge >= 0.3 is 0 Å². The minimum absolute atomic E-state index is 0.143. The zero-order chi connectivity index (χ0) is 15.6. The summed E-state index contributed by atoms with van der Waals surface area (Å²) in [6.45, 7) is 6.77. The van der Waals surface area contributed by atoms with Gasteiger partial charge in [0.25, 0.3) is 0 Å². The second kappa shape index (κ2) is 5.85. The molecule has 1 aromatic carbocycles. The highest BCUT2D eigenvalue weighted by molar-refractivity contribution is 5.43. The Bertz CT molecular complexity index is 629. The van der Waals surface area contributed by atoms with Crippen molar-refractivity contribution in [1.82, 2.24) is 9.78 Å². The quantitative estimate of drug-likeness (QED) is 0.942. The molecule has 0 saturated carbocycles. The summed E-state index contributed by atoms with van der Waals surface area (Å²) in [6, 6.07) is 6.31. The van der Waals surface area contributed by atoms with Gasteiger partial charge in [0.2, 0.25) is 5.88 Å². The van der Waals surface area contributed by atoms with Crippen LogP contribution in [0.1, 0.15) is 32.0 Å². The first-order chi connectivity index (χ1) is 9.88. The summed E-state index contributed by atoms with van der Waals surface area (Å²) in [5.74, 6) is 0.318. The molecule has 0 bridgehead atoms. The molecule has 4 nitrogen and oxygen atoms in total. The van der Waals surface area contributed by atoms with Gasteiger partial charge in [0, 0.05) is 11.0 Å². The molecule has 2 aromatic rings. The van der Waals surface area contributed by atoms with Crippen LogP contribution in [0.3, 0.4) is 0 Å². The predicted molar refractivity (Wildman–Crippen MR) is 81.5 cm³/mol. The number of aromatic nitrogens is 2. The van der Waals surface area contributed by atoms with E-state index in [0.717, 1.165) is 11.3 Å². The highest BCUT2D eigenvalue weighted by Gasteiger charge is 2.27. The highest BCUT2D eigenvalue weighted by Crippen LogP contribution is 2.33. The van der Waals surface area contributed by atoms with Crippen LogP contribution in [-0.2, 0) is 11.8 Å². The van der Waals surface area contributed by atoms with Crippen LogP contribution >= 0.6 is 0 Å². The average Bonchev–Trinajstić information content (AvgIpc) is 2.77. The van der Waals surface area contributed by atoms with Crippen molar-refractivity contribution in [3.05, 3.63) is 41.3 Å². The molecule has 5 heteroatoms. The van der Waals surface area contributed by atoms with Gasteiger partial charge in [-0.25, -0.2) is 9.07 Å². The maximum Gasteiger partial charge on any atom is 0.219 e. The number of hydrogen-bond donors (Lipinski definition) is 1. The van der Waals surface area contributed by atoms with Crippen molar-refractivity contribution in [2.24, 2.45) is 5.73 Å². The summed E-state index contributed by atoms with van der Waals surface area (Å²) in [5.41, 5.74) is 8.12. The van der Waals surface area contributed by atoms with Gasteiger partial charge in [0.15, 0.2) is 0 Å². The molecule has 2 rings (SSSR count). The molecule has 0 fully saturated rings. The van der Waals surface area contributed by atoms with Crippen molar-refractivity contribution in [2.75, 3.05) is 13.7 Å². The molecular formula is C16H22FN3O. The first-order valence-electron chi connectivity index (χ1n) is 7.01. The molecule has 0 atom stereocenters. The Balaban J connectivity index is 2.66. The van der Waals surface area contributed by atoms with Crippen molar-refractivity contribution in [3.8, 4) is 11.6 Å². The average molecular weight is 291 g/mol. The van der Waals surface area contributed by atoms with Gasteiger partial charge in [-0.15, -0.1) is 0 Å². The SMILES string of the molecule is COc1c(CCN)c(C(C)(C)C)nn1-c1cccc(F)c1. The molecule has 2 N–H and O–H groups in total. The van der Waals surface area contributed by atoms with Gasteiger partial charge in [0.1, 0.15) is 5.82 Å². The molecule has 0 saturated heterocycles. The van der Waals surface area contributed by atoms with Crippen LogP contribution in [0.25, 0.3) is 5.69 Å². The van der Waals surface area contributed by atoms with Crippen LogP contribution in [0.4, 0.5) is 4.39 Å². The van der Waals surface area contributed by atoms with E-state index in [1.165, 1.54) is 12.1 Å². The lowest BCUT2D eigenvalue weighted by Gasteiger charge is -2.17. The molecule has 0 aliphatic carbocycles. The highest BCUT2D eigenvalue weighted by atomic mass is 19.1. The maximum absolute atomic E-state index is 13.5. The lowest BCUT2D eigenvalue weighted by Crippen LogP contribution is -2.16. The van der Waals surface area contributed by atoms with Crippen LogP contribution in [0, 0.1) is 5.82 Å². The Labute approximate surface area is 124 Å². The van der Waals surface area contributed by atoms with Crippen LogP contribution < -0.4 is 10.5 Å². The number of ether oxygens (including phenoxy) is 1. The third kappa shape index (κ3) is 3.08. The van der Waals surface area contributed by atoms with E-state index in [0.29, 0.717) is 24.5 Å². The van der Waals surface area contributed by atoms with Crippen LogP contribution in [-0.4, -0.2) is 23.4 Å². The summed E-state index contributed by atoms with van der Waals surface area (Å²) < 4.78 is 20.6. The Hall–Kier alpha value is -1.88. The number of nitrogens with two attached hydrogens (primary N) is 1. The largest absolute Gasteiger partial charge is 0.481 e. The van der Waals surface area contributed by atoms with Gasteiger partial charge in [-0.1, -0.05) is 26.8 Å². The van der Waals surface area contributed by atoms with Gasteiger partial charge in [0.05, 0.1) is 18.5 Å². The Morgan fingerprint density at radius 1 is 1.33 bits per heavy atom. The van der Waals surface area contributed by atoms with E-state index in [1.807, 2.05) is 0 Å². The van der Waals surface area contributed by atoms with E-state index in [-0.39, 0.29) is 11.2 Å². The zero-order valence-electron chi connectivity index (χ0n) is 13.0. The lowest BCUT2D eigenvalue weighted by molar-refractivity contribution is 0.379. The standard InChI is InChI=1S/C16H22FN3O/c1-16(2,3)14-13(8-9-18)15(21-4)20(19-14)12-7-5-6-11(17)10-12/h5-7,10H,8-9,18H2,1-4H3. The topological polar surface area (TPSA) is 53.1 Å². The van der Waals surface area contributed by atoms with Crippen LogP contribution in [0.2, 0.25) is 0 Å². The zero-order valence-corrected chi connectivity index (χ0v) is 13.0. The molecule has 21 heavy (non-hydrogen) atoms. The molecule has 0 unspecified atom stereocenters. The van der Waals surface area contributed by atoms with Gasteiger partial charge < -0.3 is 10.5 Å². The number of halogens is 1. The third-order valence-electron chi connectivity index (χ3n) is 3.29. The number of hydrogen-bond acceptors (Lipinski definition) is 3. The predicted octanol–water partition coefficient (Wildman–Crippen LogP) is 2.82. The number of nitrogens with zero attached hydrogens (tertiary/aromatic N) is 2. The lowest BCUT2D eigenvalue weighted by atomic mass is 9.88. The molecule has 0 radical (unpaired) electrons. The summed E-state index contributed by atoms with van der Waals surface area (Å²) >= 11 is 0. The van der Waals surface area contributed by atoms with Gasteiger partial charge in [-0.05, 0) is 31.2 Å². The first-order valence-corrected chi connectivity index (χ1v) is 7.01. The van der Waals surface area contributed by atoms with E-state index in [4.69, 9.17) is 10.5 Å². The van der Waals surface area contributed by atoms with Crippen molar-refractivity contribution < 1.29 is 9.13 Å². The van der Waals surface area contributed by atoms with Crippen molar-refractivity contribution in [3.63, 3.8) is 0 Å². The summed E-state index contributed by atoms with van der Waals surface area (Å²) in [5, 5.41) is 4.65. The number of methoxy groups -OCH3 is 1. The number of benzene rings is 1. The Morgan fingerprint density at radius 3 is 2.57 bits per heavy atom. The fraction of sp³-hybridized carbons (Fsp3) is 0.438. The molecule has 1 heterocycles. The Kier molecular flexibility index (Phi) is 4.32. The van der Waals surface area contributed by atoms with E-state index >= 15 is 0 Å². The van der Waals surface area contributed by atoms with Crippen molar-refractivity contribution in [2.45, 2.75) is 32.6 Å². The fourth-order valence-corrected chi connectivity index (χ4v) is 2.40. The van der Waals surface area contributed by atoms with Gasteiger partial charge in [-0.2, -0.15) is 5.10 Å². The summed E-state index contributed by atoms with van der Waals surface area (Å²) in [6.07, 6.45) is 0.672.